The molecule has 0 aliphatic heterocycles. The number of amides is 1. The molecular weight excluding hydrogens is 320 g/mol. The molecule has 0 aliphatic carbocycles. The number of pyridine rings is 1. The number of benzene rings is 1. The summed E-state index contributed by atoms with van der Waals surface area (Å²) in [6, 6.07) is 10.2. The monoisotopic (exact) mass is 330 g/mol. The van der Waals surface area contributed by atoms with E-state index in [4.69, 9.17) is 20.8 Å². The van der Waals surface area contributed by atoms with E-state index in [2.05, 4.69) is 20.5 Å². The van der Waals surface area contributed by atoms with Gasteiger partial charge in [0.25, 0.3) is 11.8 Å². The summed E-state index contributed by atoms with van der Waals surface area (Å²) in [5.41, 5.74) is 0.665. The van der Waals surface area contributed by atoms with Gasteiger partial charge in [-0.15, -0.1) is 5.10 Å². The Hall–Kier alpha value is -2.93. The molecule has 0 unspecified atom stereocenters. The first-order valence-corrected chi connectivity index (χ1v) is 7.00. The third-order valence-electron chi connectivity index (χ3n) is 2.76. The molecule has 0 aliphatic rings. The normalized spacial score (nSPS) is 10.3. The molecule has 3 rings (SSSR count). The molecule has 2 heterocycles. The van der Waals surface area contributed by atoms with E-state index in [1.165, 1.54) is 0 Å². The predicted octanol–water partition coefficient (Wildman–Crippen LogP) is 2.80. The lowest BCUT2D eigenvalue weighted by atomic mass is 10.3. The van der Waals surface area contributed by atoms with E-state index < -0.39 is 5.91 Å². The Bertz CT molecular complexity index is 790. The zero-order valence-electron chi connectivity index (χ0n) is 11.8. The van der Waals surface area contributed by atoms with Crippen molar-refractivity contribution in [2.24, 2.45) is 0 Å². The molecule has 0 saturated heterocycles. The summed E-state index contributed by atoms with van der Waals surface area (Å²) in [6.45, 7) is -0.188. The number of carbonyl (C=O) groups is 1. The molecule has 0 fully saturated rings. The molecule has 116 valence electrons. The molecule has 1 aromatic carbocycles. The van der Waals surface area contributed by atoms with Crippen LogP contribution >= 0.6 is 11.6 Å². The largest absolute Gasteiger partial charge is 0.484 e. The van der Waals surface area contributed by atoms with Crippen molar-refractivity contribution in [2.45, 2.75) is 0 Å². The summed E-state index contributed by atoms with van der Waals surface area (Å²) in [6.07, 6.45) is 3.22. The van der Waals surface area contributed by atoms with Crippen molar-refractivity contribution in [3.63, 3.8) is 0 Å². The summed E-state index contributed by atoms with van der Waals surface area (Å²) in [4.78, 5) is 15.8. The Kier molecular flexibility index (Phi) is 4.49. The van der Waals surface area contributed by atoms with E-state index in [-0.39, 0.29) is 18.5 Å². The molecule has 1 N–H and O–H groups in total. The number of anilines is 1. The minimum absolute atomic E-state index is 0.00596. The maximum atomic E-state index is 11.8. The molecule has 0 radical (unpaired) electrons. The number of rotatable bonds is 5. The lowest BCUT2D eigenvalue weighted by Gasteiger charge is -2.04. The van der Waals surface area contributed by atoms with Crippen molar-refractivity contribution >= 4 is 23.5 Å². The van der Waals surface area contributed by atoms with Crippen LogP contribution < -0.4 is 10.1 Å². The van der Waals surface area contributed by atoms with Gasteiger partial charge in [0, 0.05) is 17.4 Å². The summed E-state index contributed by atoms with van der Waals surface area (Å²) < 4.78 is 10.7. The fraction of sp³-hybridized carbons (Fsp3) is 0.0667. The molecule has 23 heavy (non-hydrogen) atoms. The molecule has 7 nitrogen and oxygen atoms in total. The second-order valence-electron chi connectivity index (χ2n) is 4.44. The van der Waals surface area contributed by atoms with Gasteiger partial charge in [-0.2, -0.15) is 0 Å². The lowest BCUT2D eigenvalue weighted by Crippen LogP contribution is -2.20. The number of hydrogen-bond donors (Lipinski definition) is 1. The summed E-state index contributed by atoms with van der Waals surface area (Å²) >= 11 is 5.77. The second-order valence-corrected chi connectivity index (χ2v) is 4.88. The molecule has 1 amide bonds. The standard InChI is InChI=1S/C15H11ClN4O3/c16-11-3-5-12(6-4-11)22-9-13(21)18-15-20-19-14(23-15)10-2-1-7-17-8-10/h1-8H,9H2,(H,18,20,21). The van der Waals surface area contributed by atoms with Crippen LogP contribution in [0.15, 0.2) is 53.2 Å². The Labute approximate surface area is 136 Å². The van der Waals surface area contributed by atoms with Gasteiger partial charge in [-0.05, 0) is 36.4 Å². The van der Waals surface area contributed by atoms with Gasteiger partial charge >= 0.3 is 6.01 Å². The van der Waals surface area contributed by atoms with Crippen molar-refractivity contribution in [3.8, 4) is 17.2 Å². The zero-order valence-corrected chi connectivity index (χ0v) is 12.5. The summed E-state index contributed by atoms with van der Waals surface area (Å²) in [5, 5.41) is 10.6. The fourth-order valence-electron chi connectivity index (χ4n) is 1.71. The Balaban J connectivity index is 1.56. The smallest absolute Gasteiger partial charge is 0.322 e. The van der Waals surface area contributed by atoms with E-state index in [0.29, 0.717) is 16.3 Å². The van der Waals surface area contributed by atoms with E-state index in [1.54, 1.807) is 48.8 Å². The molecule has 0 bridgehead atoms. The van der Waals surface area contributed by atoms with Gasteiger partial charge in [0.05, 0.1) is 5.56 Å². The van der Waals surface area contributed by atoms with Crippen molar-refractivity contribution in [2.75, 3.05) is 11.9 Å². The Morgan fingerprint density at radius 1 is 1.22 bits per heavy atom. The highest BCUT2D eigenvalue weighted by molar-refractivity contribution is 6.30. The Morgan fingerprint density at radius 2 is 2.04 bits per heavy atom. The maximum absolute atomic E-state index is 11.8. The van der Waals surface area contributed by atoms with Crippen molar-refractivity contribution in [1.29, 1.82) is 0 Å². The third kappa shape index (κ3) is 4.04. The maximum Gasteiger partial charge on any atom is 0.322 e. The first-order chi connectivity index (χ1) is 11.2. The average Bonchev–Trinajstić information content (AvgIpc) is 3.04. The molecule has 3 aromatic rings. The lowest BCUT2D eigenvalue weighted by molar-refractivity contribution is -0.118. The van der Waals surface area contributed by atoms with Crippen LogP contribution in [0.4, 0.5) is 6.01 Å². The van der Waals surface area contributed by atoms with Gasteiger partial charge in [0.1, 0.15) is 5.75 Å². The number of nitrogens with zero attached hydrogens (tertiary/aromatic N) is 3. The SMILES string of the molecule is O=C(COc1ccc(Cl)cc1)Nc1nnc(-c2cccnc2)o1. The summed E-state index contributed by atoms with van der Waals surface area (Å²) in [5.74, 6) is 0.388. The molecule has 0 saturated carbocycles. The number of aromatic nitrogens is 3. The highest BCUT2D eigenvalue weighted by Gasteiger charge is 2.11. The van der Waals surface area contributed by atoms with Crippen molar-refractivity contribution in [3.05, 3.63) is 53.8 Å². The molecular formula is C15H11ClN4O3. The molecule has 0 atom stereocenters. The van der Waals surface area contributed by atoms with Crippen LogP contribution in [0.1, 0.15) is 0 Å². The number of ether oxygens (including phenoxy) is 1. The molecule has 2 aromatic heterocycles. The van der Waals surface area contributed by atoms with Gasteiger partial charge in [0.15, 0.2) is 6.61 Å². The highest BCUT2D eigenvalue weighted by atomic mass is 35.5. The van der Waals surface area contributed by atoms with Gasteiger partial charge in [-0.3, -0.25) is 15.1 Å². The van der Waals surface area contributed by atoms with Crippen LogP contribution in [0.2, 0.25) is 5.02 Å². The number of hydrogen-bond acceptors (Lipinski definition) is 6. The van der Waals surface area contributed by atoms with E-state index in [9.17, 15) is 4.79 Å². The van der Waals surface area contributed by atoms with Crippen molar-refractivity contribution < 1.29 is 13.9 Å². The Morgan fingerprint density at radius 3 is 2.78 bits per heavy atom. The quantitative estimate of drug-likeness (QED) is 0.773. The molecule has 0 spiro atoms. The minimum Gasteiger partial charge on any atom is -0.484 e. The second kappa shape index (κ2) is 6.89. The van der Waals surface area contributed by atoms with Gasteiger partial charge in [0.2, 0.25) is 0 Å². The van der Waals surface area contributed by atoms with Crippen LogP contribution in [0, 0.1) is 0 Å². The van der Waals surface area contributed by atoms with E-state index >= 15 is 0 Å². The topological polar surface area (TPSA) is 90.1 Å². The fourth-order valence-corrected chi connectivity index (χ4v) is 1.84. The van der Waals surface area contributed by atoms with E-state index in [0.717, 1.165) is 0 Å². The van der Waals surface area contributed by atoms with Gasteiger partial charge in [-0.1, -0.05) is 16.7 Å². The van der Waals surface area contributed by atoms with Crippen LogP contribution in [0.3, 0.4) is 0 Å². The first kappa shape index (κ1) is 15.0. The van der Waals surface area contributed by atoms with Crippen LogP contribution in [-0.2, 0) is 4.79 Å². The van der Waals surface area contributed by atoms with Crippen LogP contribution in [0.5, 0.6) is 5.75 Å². The predicted molar refractivity (Wildman–Crippen MR) is 83.1 cm³/mol. The zero-order chi connectivity index (χ0) is 16.1. The highest BCUT2D eigenvalue weighted by Crippen LogP contribution is 2.18. The average molecular weight is 331 g/mol. The molecule has 8 heteroatoms. The first-order valence-electron chi connectivity index (χ1n) is 6.63. The number of nitrogens with one attached hydrogen (secondary N) is 1. The number of carbonyl (C=O) groups excluding carboxylic acids is 1. The van der Waals surface area contributed by atoms with E-state index in [1.807, 2.05) is 0 Å². The number of halogens is 1. The van der Waals surface area contributed by atoms with Gasteiger partial charge in [-0.25, -0.2) is 0 Å². The minimum atomic E-state index is -0.415. The van der Waals surface area contributed by atoms with Gasteiger partial charge < -0.3 is 9.15 Å². The van der Waals surface area contributed by atoms with Crippen LogP contribution in [0.25, 0.3) is 11.5 Å². The summed E-state index contributed by atoms with van der Waals surface area (Å²) in [7, 11) is 0. The third-order valence-corrected chi connectivity index (χ3v) is 3.02. The van der Waals surface area contributed by atoms with Crippen molar-refractivity contribution in [1.82, 2.24) is 15.2 Å². The van der Waals surface area contributed by atoms with Crippen LogP contribution in [-0.4, -0.2) is 27.7 Å².